The lowest BCUT2D eigenvalue weighted by Crippen LogP contribution is -2.19. The third kappa shape index (κ3) is 4.07. The smallest absolute Gasteiger partial charge is 0.323 e. The van der Waals surface area contributed by atoms with Crippen molar-refractivity contribution in [2.45, 2.75) is 6.42 Å². The average molecular weight is 329 g/mol. The summed E-state index contributed by atoms with van der Waals surface area (Å²) in [6, 6.07) is 11.6. The molecule has 0 aliphatic rings. The number of nitrogens with zero attached hydrogens (tertiary/aromatic N) is 2. The summed E-state index contributed by atoms with van der Waals surface area (Å²) in [5.74, 6) is -0.972. The van der Waals surface area contributed by atoms with Gasteiger partial charge in [-0.1, -0.05) is 30.3 Å². The van der Waals surface area contributed by atoms with Crippen LogP contribution in [0.15, 0.2) is 47.6 Å². The van der Waals surface area contributed by atoms with Gasteiger partial charge in [0.05, 0.1) is 30.2 Å². The molecule has 0 saturated heterocycles. The van der Waals surface area contributed by atoms with Crippen LogP contribution >= 0.6 is 0 Å². The van der Waals surface area contributed by atoms with Crippen LogP contribution in [0.3, 0.4) is 0 Å². The van der Waals surface area contributed by atoms with E-state index in [9.17, 15) is 20.0 Å². The van der Waals surface area contributed by atoms with Crippen LogP contribution in [0.25, 0.3) is 0 Å². The lowest BCUT2D eigenvalue weighted by molar-refractivity contribution is -0.386. The van der Waals surface area contributed by atoms with Gasteiger partial charge in [0.15, 0.2) is 5.75 Å². The van der Waals surface area contributed by atoms with Crippen LogP contribution < -0.4 is 10.2 Å². The van der Waals surface area contributed by atoms with E-state index in [4.69, 9.17) is 4.74 Å². The largest absolute Gasteiger partial charge is 0.504 e. The molecule has 2 aromatic rings. The Morgan fingerprint density at radius 1 is 1.33 bits per heavy atom. The quantitative estimate of drug-likeness (QED) is 0.478. The van der Waals surface area contributed by atoms with E-state index in [1.807, 2.05) is 18.2 Å². The fourth-order valence-corrected chi connectivity index (χ4v) is 2.06. The maximum absolute atomic E-state index is 11.8. The van der Waals surface area contributed by atoms with Gasteiger partial charge in [-0.05, 0) is 17.7 Å². The SMILES string of the molecule is COc1c(O)ccc(C=NNC(=O)Cc2ccccc2)c1[N+](=O)[O-]. The predicted octanol–water partition coefficient (Wildman–Crippen LogP) is 2.00. The van der Waals surface area contributed by atoms with Crippen molar-refractivity contribution in [2.24, 2.45) is 5.10 Å². The molecule has 0 saturated carbocycles. The molecule has 2 aromatic carbocycles. The van der Waals surface area contributed by atoms with Crippen LogP contribution in [-0.2, 0) is 11.2 Å². The number of nitro groups is 1. The maximum atomic E-state index is 11.8. The molecule has 0 aliphatic heterocycles. The molecule has 8 heteroatoms. The van der Waals surface area contributed by atoms with E-state index >= 15 is 0 Å². The van der Waals surface area contributed by atoms with Gasteiger partial charge in [-0.25, -0.2) is 5.43 Å². The van der Waals surface area contributed by atoms with E-state index in [1.165, 1.54) is 19.2 Å². The monoisotopic (exact) mass is 329 g/mol. The summed E-state index contributed by atoms with van der Waals surface area (Å²) < 4.78 is 4.84. The van der Waals surface area contributed by atoms with E-state index in [-0.39, 0.29) is 29.4 Å². The maximum Gasteiger partial charge on any atom is 0.323 e. The molecule has 24 heavy (non-hydrogen) atoms. The van der Waals surface area contributed by atoms with Crippen molar-refractivity contribution in [2.75, 3.05) is 7.11 Å². The zero-order valence-electron chi connectivity index (χ0n) is 12.8. The van der Waals surface area contributed by atoms with Gasteiger partial charge in [0, 0.05) is 0 Å². The van der Waals surface area contributed by atoms with Gasteiger partial charge >= 0.3 is 5.69 Å². The van der Waals surface area contributed by atoms with Crippen LogP contribution in [0.5, 0.6) is 11.5 Å². The minimum atomic E-state index is -0.689. The first-order valence-electron chi connectivity index (χ1n) is 6.93. The number of carbonyl (C=O) groups excluding carboxylic acids is 1. The topological polar surface area (TPSA) is 114 Å². The molecule has 0 heterocycles. The van der Waals surface area contributed by atoms with Gasteiger partial charge in [0.2, 0.25) is 11.7 Å². The Morgan fingerprint density at radius 2 is 2.04 bits per heavy atom. The minimum absolute atomic E-state index is 0.0923. The highest BCUT2D eigenvalue weighted by atomic mass is 16.6. The number of hydrogen-bond acceptors (Lipinski definition) is 6. The number of ether oxygens (including phenoxy) is 1. The van der Waals surface area contributed by atoms with Crippen molar-refractivity contribution in [3.63, 3.8) is 0 Å². The highest BCUT2D eigenvalue weighted by molar-refractivity contribution is 5.89. The van der Waals surface area contributed by atoms with E-state index < -0.39 is 10.6 Å². The number of nitrogens with one attached hydrogen (secondary N) is 1. The summed E-state index contributed by atoms with van der Waals surface area (Å²) in [6.07, 6.45) is 1.27. The molecule has 0 bridgehead atoms. The number of benzene rings is 2. The summed E-state index contributed by atoms with van der Waals surface area (Å²) in [4.78, 5) is 22.2. The number of phenols is 1. The zero-order valence-corrected chi connectivity index (χ0v) is 12.8. The molecule has 2 N–H and O–H groups in total. The van der Waals surface area contributed by atoms with Gasteiger partial charge in [-0.3, -0.25) is 14.9 Å². The number of hydrazone groups is 1. The molecule has 0 fully saturated rings. The van der Waals surface area contributed by atoms with Crippen LogP contribution in [0, 0.1) is 10.1 Å². The van der Waals surface area contributed by atoms with Gasteiger partial charge in [-0.2, -0.15) is 5.10 Å². The third-order valence-corrected chi connectivity index (χ3v) is 3.13. The van der Waals surface area contributed by atoms with Crippen molar-refractivity contribution >= 4 is 17.8 Å². The number of nitro benzene ring substituents is 1. The van der Waals surface area contributed by atoms with Crippen molar-refractivity contribution in [3.8, 4) is 11.5 Å². The highest BCUT2D eigenvalue weighted by Crippen LogP contribution is 2.37. The summed E-state index contributed by atoms with van der Waals surface area (Å²) in [5.41, 5.74) is 2.78. The fraction of sp³-hybridized carbons (Fsp3) is 0.125. The average Bonchev–Trinajstić information content (AvgIpc) is 2.56. The Hall–Kier alpha value is -3.42. The summed E-state index contributed by atoms with van der Waals surface area (Å²) in [7, 11) is 1.21. The predicted molar refractivity (Wildman–Crippen MR) is 87.2 cm³/mol. The zero-order chi connectivity index (χ0) is 17.5. The molecule has 0 aliphatic carbocycles. The first-order chi connectivity index (χ1) is 11.5. The summed E-state index contributed by atoms with van der Waals surface area (Å²) >= 11 is 0. The standard InChI is InChI=1S/C16H15N3O5/c1-24-16-13(20)8-7-12(15(16)19(22)23)10-17-18-14(21)9-11-5-3-2-4-6-11/h2-8,10,20H,9H2,1H3,(H,18,21). The fourth-order valence-electron chi connectivity index (χ4n) is 2.06. The molecule has 8 nitrogen and oxygen atoms in total. The number of aromatic hydroxyl groups is 1. The second kappa shape index (κ2) is 7.73. The second-order valence-electron chi connectivity index (χ2n) is 4.77. The number of rotatable bonds is 6. The van der Waals surface area contributed by atoms with Gasteiger partial charge < -0.3 is 9.84 Å². The first kappa shape index (κ1) is 16.9. The van der Waals surface area contributed by atoms with E-state index in [1.54, 1.807) is 12.1 Å². The molecule has 2 rings (SSSR count). The van der Waals surface area contributed by atoms with Crippen molar-refractivity contribution in [3.05, 3.63) is 63.7 Å². The van der Waals surface area contributed by atoms with E-state index in [2.05, 4.69) is 10.5 Å². The third-order valence-electron chi connectivity index (χ3n) is 3.13. The van der Waals surface area contributed by atoms with Crippen molar-refractivity contribution in [1.29, 1.82) is 0 Å². The molecular weight excluding hydrogens is 314 g/mol. The van der Waals surface area contributed by atoms with Crippen LogP contribution in [-0.4, -0.2) is 29.3 Å². The number of carbonyl (C=O) groups is 1. The van der Waals surface area contributed by atoms with Crippen molar-refractivity contribution < 1.29 is 19.6 Å². The summed E-state index contributed by atoms with van der Waals surface area (Å²) in [5, 5.41) is 24.5. The van der Waals surface area contributed by atoms with Crippen LogP contribution in [0.2, 0.25) is 0 Å². The van der Waals surface area contributed by atoms with Crippen LogP contribution in [0.4, 0.5) is 5.69 Å². The van der Waals surface area contributed by atoms with E-state index in [0.717, 1.165) is 11.8 Å². The first-order valence-corrected chi connectivity index (χ1v) is 6.93. The number of amides is 1. The molecule has 0 aromatic heterocycles. The Bertz CT molecular complexity index is 775. The number of hydrogen-bond donors (Lipinski definition) is 2. The molecular formula is C16H15N3O5. The second-order valence-corrected chi connectivity index (χ2v) is 4.77. The Morgan fingerprint density at radius 3 is 2.67 bits per heavy atom. The Balaban J connectivity index is 2.12. The number of phenolic OH excluding ortho intramolecular Hbond substituents is 1. The van der Waals surface area contributed by atoms with Gasteiger partial charge in [0.1, 0.15) is 0 Å². The number of methoxy groups -OCH3 is 1. The molecule has 0 spiro atoms. The molecule has 0 radical (unpaired) electrons. The lowest BCUT2D eigenvalue weighted by atomic mass is 10.1. The molecule has 0 atom stereocenters. The van der Waals surface area contributed by atoms with Crippen molar-refractivity contribution in [1.82, 2.24) is 5.43 Å². The summed E-state index contributed by atoms with van der Waals surface area (Å²) in [6.45, 7) is 0. The van der Waals surface area contributed by atoms with Gasteiger partial charge in [-0.15, -0.1) is 0 Å². The molecule has 0 unspecified atom stereocenters. The lowest BCUT2D eigenvalue weighted by Gasteiger charge is -2.06. The Kier molecular flexibility index (Phi) is 5.45. The molecule has 1 amide bonds. The normalized spacial score (nSPS) is 10.5. The Labute approximate surface area is 137 Å². The van der Waals surface area contributed by atoms with Crippen LogP contribution in [0.1, 0.15) is 11.1 Å². The molecule has 124 valence electrons. The van der Waals surface area contributed by atoms with Gasteiger partial charge in [0.25, 0.3) is 0 Å². The highest BCUT2D eigenvalue weighted by Gasteiger charge is 2.23. The van der Waals surface area contributed by atoms with E-state index in [0.29, 0.717) is 0 Å². The minimum Gasteiger partial charge on any atom is -0.504 e.